The lowest BCUT2D eigenvalue weighted by molar-refractivity contribution is 1.05. The molecule has 0 amide bonds. The van der Waals surface area contributed by atoms with E-state index < -0.39 is 0 Å². The summed E-state index contributed by atoms with van der Waals surface area (Å²) in [5.41, 5.74) is 6.83. The highest BCUT2D eigenvalue weighted by molar-refractivity contribution is 5.89. The van der Waals surface area contributed by atoms with Gasteiger partial charge in [0.05, 0.1) is 0 Å². The minimum Gasteiger partial charge on any atom is -0.358 e. The lowest BCUT2D eigenvalue weighted by Crippen LogP contribution is -1.81. The summed E-state index contributed by atoms with van der Waals surface area (Å²) in [7, 11) is 0. The second kappa shape index (κ2) is 3.16. The normalized spacial score (nSPS) is 11.1. The quantitative estimate of drug-likeness (QED) is 0.701. The van der Waals surface area contributed by atoms with E-state index in [2.05, 4.69) is 44.8 Å². The highest BCUT2D eigenvalue weighted by atomic mass is 14.7. The van der Waals surface area contributed by atoms with Crippen LogP contribution in [0.25, 0.3) is 10.9 Å². The zero-order valence-corrected chi connectivity index (χ0v) is 9.36. The van der Waals surface area contributed by atoms with E-state index in [1.807, 2.05) is 0 Å². The van der Waals surface area contributed by atoms with Crippen molar-refractivity contribution in [1.82, 2.24) is 4.98 Å². The molecule has 2 rings (SSSR count). The van der Waals surface area contributed by atoms with Crippen molar-refractivity contribution in [3.8, 4) is 0 Å². The van der Waals surface area contributed by atoms with Gasteiger partial charge in [-0.25, -0.2) is 0 Å². The van der Waals surface area contributed by atoms with Gasteiger partial charge in [-0.1, -0.05) is 19.1 Å². The van der Waals surface area contributed by atoms with Crippen LogP contribution in [0.4, 0.5) is 0 Å². The van der Waals surface area contributed by atoms with Crippen molar-refractivity contribution < 1.29 is 0 Å². The minimum absolute atomic E-state index is 1.08. The van der Waals surface area contributed by atoms with Crippen LogP contribution in [0.2, 0.25) is 0 Å². The topological polar surface area (TPSA) is 15.8 Å². The monoisotopic (exact) mass is 187 g/mol. The third kappa shape index (κ3) is 1.16. The number of H-pyrrole nitrogens is 1. The summed E-state index contributed by atoms with van der Waals surface area (Å²) in [5.74, 6) is 0. The van der Waals surface area contributed by atoms with E-state index in [1.165, 1.54) is 33.3 Å². The van der Waals surface area contributed by atoms with Crippen LogP contribution >= 0.6 is 0 Å². The maximum atomic E-state index is 3.52. The molecule has 1 aromatic carbocycles. The van der Waals surface area contributed by atoms with E-state index in [-0.39, 0.29) is 0 Å². The first-order chi connectivity index (χ1) is 6.65. The van der Waals surface area contributed by atoms with Crippen LogP contribution in [0.3, 0.4) is 0 Å². The fourth-order valence-electron chi connectivity index (χ4n) is 2.20. The van der Waals surface area contributed by atoms with Gasteiger partial charge in [0.25, 0.3) is 0 Å². The summed E-state index contributed by atoms with van der Waals surface area (Å²) in [6.07, 6.45) is 1.08. The summed E-state index contributed by atoms with van der Waals surface area (Å²) >= 11 is 0. The van der Waals surface area contributed by atoms with Gasteiger partial charge in [0.2, 0.25) is 0 Å². The van der Waals surface area contributed by atoms with Crippen LogP contribution in [0.15, 0.2) is 12.1 Å². The van der Waals surface area contributed by atoms with E-state index in [0.29, 0.717) is 0 Å². The van der Waals surface area contributed by atoms with Gasteiger partial charge in [0, 0.05) is 16.6 Å². The summed E-state index contributed by atoms with van der Waals surface area (Å²) in [6.45, 7) is 8.76. The van der Waals surface area contributed by atoms with Crippen LogP contribution in [0, 0.1) is 20.8 Å². The zero-order chi connectivity index (χ0) is 10.3. The zero-order valence-electron chi connectivity index (χ0n) is 9.36. The first kappa shape index (κ1) is 9.32. The lowest BCUT2D eigenvalue weighted by Gasteiger charge is -2.00. The molecule has 1 aromatic heterocycles. The predicted octanol–water partition coefficient (Wildman–Crippen LogP) is 3.66. The average molecular weight is 187 g/mol. The van der Waals surface area contributed by atoms with Crippen LogP contribution in [0.1, 0.15) is 29.3 Å². The number of aromatic nitrogens is 1. The van der Waals surface area contributed by atoms with Crippen molar-refractivity contribution in [2.75, 3.05) is 0 Å². The molecule has 0 aliphatic rings. The third-order valence-corrected chi connectivity index (χ3v) is 3.08. The van der Waals surface area contributed by atoms with E-state index in [1.54, 1.807) is 0 Å². The van der Waals surface area contributed by atoms with E-state index >= 15 is 0 Å². The molecule has 0 radical (unpaired) electrons. The molecule has 1 nitrogen and oxygen atoms in total. The molecule has 0 bridgehead atoms. The summed E-state index contributed by atoms with van der Waals surface area (Å²) in [4.78, 5) is 3.52. The molecule has 2 aromatic rings. The van der Waals surface area contributed by atoms with Crippen molar-refractivity contribution in [3.63, 3.8) is 0 Å². The fraction of sp³-hybridized carbons (Fsp3) is 0.385. The second-order valence-corrected chi connectivity index (χ2v) is 4.03. The molecule has 0 atom stereocenters. The van der Waals surface area contributed by atoms with E-state index in [0.717, 1.165) is 6.42 Å². The first-order valence-electron chi connectivity index (χ1n) is 5.22. The van der Waals surface area contributed by atoms with Crippen molar-refractivity contribution in [3.05, 3.63) is 34.5 Å². The molecule has 0 unspecified atom stereocenters. The maximum Gasteiger partial charge on any atom is 0.0491 e. The largest absolute Gasteiger partial charge is 0.358 e. The Morgan fingerprint density at radius 1 is 1.07 bits per heavy atom. The van der Waals surface area contributed by atoms with Crippen LogP contribution < -0.4 is 0 Å². The number of aryl methyl sites for hydroxylation is 4. The summed E-state index contributed by atoms with van der Waals surface area (Å²) in [5, 5.41) is 1.42. The van der Waals surface area contributed by atoms with Gasteiger partial charge in [-0.15, -0.1) is 0 Å². The Bertz CT molecular complexity index is 477. The Kier molecular flexibility index (Phi) is 2.10. The van der Waals surface area contributed by atoms with Crippen molar-refractivity contribution in [2.45, 2.75) is 34.1 Å². The lowest BCUT2D eigenvalue weighted by atomic mass is 10.0. The molecular formula is C13H17N. The van der Waals surface area contributed by atoms with E-state index in [4.69, 9.17) is 0 Å². The second-order valence-electron chi connectivity index (χ2n) is 4.03. The number of hydrogen-bond acceptors (Lipinski definition) is 0. The average Bonchev–Trinajstić information content (AvgIpc) is 2.51. The molecule has 0 saturated carbocycles. The molecule has 74 valence electrons. The molecule has 0 aliphatic carbocycles. The number of aromatic amines is 1. The highest BCUT2D eigenvalue weighted by Crippen LogP contribution is 2.27. The SMILES string of the molecule is CCc1[nH]c2c(C)ccc(C)c2c1C. The molecule has 0 saturated heterocycles. The number of rotatable bonds is 1. The van der Waals surface area contributed by atoms with Crippen LogP contribution in [0.5, 0.6) is 0 Å². The molecule has 14 heavy (non-hydrogen) atoms. The smallest absolute Gasteiger partial charge is 0.0491 e. The maximum absolute atomic E-state index is 3.52. The third-order valence-electron chi connectivity index (χ3n) is 3.08. The number of fused-ring (bicyclic) bond motifs is 1. The molecule has 0 fully saturated rings. The van der Waals surface area contributed by atoms with Gasteiger partial charge in [0.1, 0.15) is 0 Å². The van der Waals surface area contributed by atoms with Crippen LogP contribution in [-0.2, 0) is 6.42 Å². The van der Waals surface area contributed by atoms with Gasteiger partial charge in [-0.3, -0.25) is 0 Å². The van der Waals surface area contributed by atoms with Gasteiger partial charge >= 0.3 is 0 Å². The fourth-order valence-corrected chi connectivity index (χ4v) is 2.20. The summed E-state index contributed by atoms with van der Waals surface area (Å²) in [6, 6.07) is 4.39. The Morgan fingerprint density at radius 3 is 2.29 bits per heavy atom. The number of benzene rings is 1. The predicted molar refractivity (Wildman–Crippen MR) is 61.9 cm³/mol. The van der Waals surface area contributed by atoms with Crippen LogP contribution in [-0.4, -0.2) is 4.98 Å². The molecular weight excluding hydrogens is 170 g/mol. The molecule has 1 N–H and O–H groups in total. The van der Waals surface area contributed by atoms with Gasteiger partial charge in [-0.2, -0.15) is 0 Å². The van der Waals surface area contributed by atoms with Crippen molar-refractivity contribution >= 4 is 10.9 Å². The van der Waals surface area contributed by atoms with Crippen molar-refractivity contribution in [2.24, 2.45) is 0 Å². The summed E-state index contributed by atoms with van der Waals surface area (Å²) < 4.78 is 0. The molecule has 1 heteroatoms. The molecule has 0 aliphatic heterocycles. The Morgan fingerprint density at radius 2 is 1.71 bits per heavy atom. The van der Waals surface area contributed by atoms with E-state index in [9.17, 15) is 0 Å². The van der Waals surface area contributed by atoms with Gasteiger partial charge in [-0.05, 0) is 43.9 Å². The standard InChI is InChI=1S/C13H17N/c1-5-11-10(4)12-8(2)6-7-9(3)13(12)14-11/h6-7,14H,5H2,1-4H3. The van der Waals surface area contributed by atoms with Gasteiger partial charge < -0.3 is 4.98 Å². The number of nitrogens with one attached hydrogen (secondary N) is 1. The Labute approximate surface area is 85.1 Å². The highest BCUT2D eigenvalue weighted by Gasteiger charge is 2.09. The Hall–Kier alpha value is -1.24. The molecule has 1 heterocycles. The van der Waals surface area contributed by atoms with Crippen molar-refractivity contribution in [1.29, 1.82) is 0 Å². The number of hydrogen-bond donors (Lipinski definition) is 1. The first-order valence-corrected chi connectivity index (χ1v) is 5.22. The minimum atomic E-state index is 1.08. The van der Waals surface area contributed by atoms with Gasteiger partial charge in [0.15, 0.2) is 0 Å². The molecule has 0 spiro atoms. The Balaban J connectivity index is 2.90.